The maximum absolute atomic E-state index is 3.50. The molecular weight excluding hydrogens is 344 g/mol. The maximum Gasteiger partial charge on any atom is 0.0515 e. The third-order valence-electron chi connectivity index (χ3n) is 6.99. The molecule has 4 heteroatoms. The van der Waals surface area contributed by atoms with E-state index in [-0.39, 0.29) is 0 Å². The first-order chi connectivity index (χ1) is 13.9. The summed E-state index contributed by atoms with van der Waals surface area (Å²) in [6.45, 7) is 7.08. The molecule has 28 heavy (non-hydrogen) atoms. The van der Waals surface area contributed by atoms with E-state index < -0.39 is 0 Å². The minimum atomic E-state index is 0.425. The number of hydrogen-bond acceptors (Lipinski definition) is 4. The van der Waals surface area contributed by atoms with Gasteiger partial charge in [0.25, 0.3) is 0 Å². The van der Waals surface area contributed by atoms with Gasteiger partial charge in [0.1, 0.15) is 0 Å². The van der Waals surface area contributed by atoms with Crippen LogP contribution < -0.4 is 10.9 Å². The van der Waals surface area contributed by atoms with Crippen LogP contribution in [0.25, 0.3) is 0 Å². The third kappa shape index (κ3) is 3.87. The molecule has 3 aliphatic rings. The van der Waals surface area contributed by atoms with Crippen LogP contribution >= 0.6 is 0 Å². The Morgan fingerprint density at radius 1 is 0.857 bits per heavy atom. The molecule has 2 aliphatic heterocycles. The quantitative estimate of drug-likeness (QED) is 0.859. The van der Waals surface area contributed by atoms with Gasteiger partial charge in [-0.3, -0.25) is 10.3 Å². The smallest absolute Gasteiger partial charge is 0.0515 e. The first kappa shape index (κ1) is 18.3. The molecule has 2 fully saturated rings. The molecule has 3 atom stereocenters. The third-order valence-corrected chi connectivity index (χ3v) is 6.99. The number of hydrogen-bond donors (Lipinski definition) is 2. The SMILES string of the molecule is c1ccc(C2NNCC2CN2CCN(C3CCc4ccccc4C3)CC2)cc1. The Hall–Kier alpha value is -1.72. The van der Waals surface area contributed by atoms with Crippen LogP contribution in [-0.4, -0.2) is 55.1 Å². The van der Waals surface area contributed by atoms with E-state index in [0.29, 0.717) is 12.0 Å². The summed E-state index contributed by atoms with van der Waals surface area (Å²) in [7, 11) is 0. The van der Waals surface area contributed by atoms with Gasteiger partial charge in [-0.05, 0) is 36.0 Å². The molecule has 0 amide bonds. The summed E-state index contributed by atoms with van der Waals surface area (Å²) in [6.07, 6.45) is 3.81. The van der Waals surface area contributed by atoms with Crippen molar-refractivity contribution in [1.29, 1.82) is 0 Å². The van der Waals surface area contributed by atoms with Gasteiger partial charge in [-0.2, -0.15) is 0 Å². The highest BCUT2D eigenvalue weighted by atomic mass is 15.4. The lowest BCUT2D eigenvalue weighted by Gasteiger charge is -2.42. The van der Waals surface area contributed by atoms with Gasteiger partial charge in [-0.15, -0.1) is 0 Å². The second kappa shape index (κ2) is 8.34. The van der Waals surface area contributed by atoms with E-state index in [2.05, 4.69) is 75.2 Å². The van der Waals surface area contributed by atoms with Gasteiger partial charge in [0.2, 0.25) is 0 Å². The summed E-state index contributed by atoms with van der Waals surface area (Å²) < 4.78 is 0. The van der Waals surface area contributed by atoms with Crippen molar-refractivity contribution in [2.75, 3.05) is 39.3 Å². The van der Waals surface area contributed by atoms with Crippen molar-refractivity contribution in [3.8, 4) is 0 Å². The highest BCUT2D eigenvalue weighted by molar-refractivity contribution is 5.30. The maximum atomic E-state index is 3.50. The Morgan fingerprint density at radius 2 is 1.61 bits per heavy atom. The van der Waals surface area contributed by atoms with E-state index in [0.717, 1.165) is 12.6 Å². The lowest BCUT2D eigenvalue weighted by Crippen LogP contribution is -2.52. The van der Waals surface area contributed by atoms with Gasteiger partial charge < -0.3 is 4.90 Å². The summed E-state index contributed by atoms with van der Waals surface area (Å²) in [5, 5.41) is 0. The molecule has 0 saturated carbocycles. The Morgan fingerprint density at radius 3 is 2.43 bits per heavy atom. The van der Waals surface area contributed by atoms with E-state index in [1.807, 2.05) is 0 Å². The van der Waals surface area contributed by atoms with Crippen molar-refractivity contribution in [2.24, 2.45) is 5.92 Å². The lowest BCUT2D eigenvalue weighted by molar-refractivity contribution is 0.0798. The minimum absolute atomic E-state index is 0.425. The molecule has 0 spiro atoms. The number of nitrogens with one attached hydrogen (secondary N) is 2. The second-order valence-corrected chi connectivity index (χ2v) is 8.68. The van der Waals surface area contributed by atoms with Crippen molar-refractivity contribution in [3.63, 3.8) is 0 Å². The molecule has 3 unspecified atom stereocenters. The largest absolute Gasteiger partial charge is 0.300 e. The van der Waals surface area contributed by atoms with Crippen LogP contribution in [0.1, 0.15) is 29.2 Å². The number of hydrazine groups is 1. The Kier molecular flexibility index (Phi) is 5.45. The zero-order chi connectivity index (χ0) is 18.8. The lowest BCUT2D eigenvalue weighted by atomic mass is 9.87. The normalized spacial score (nSPS) is 28.9. The molecule has 148 valence electrons. The Labute approximate surface area is 168 Å². The number of fused-ring (bicyclic) bond motifs is 1. The zero-order valence-corrected chi connectivity index (χ0v) is 16.7. The average molecular weight is 377 g/mol. The van der Waals surface area contributed by atoms with Crippen LogP contribution in [0.3, 0.4) is 0 Å². The van der Waals surface area contributed by atoms with Crippen LogP contribution in [-0.2, 0) is 12.8 Å². The van der Waals surface area contributed by atoms with Crippen molar-refractivity contribution in [2.45, 2.75) is 31.3 Å². The number of rotatable bonds is 4. The second-order valence-electron chi connectivity index (χ2n) is 8.68. The van der Waals surface area contributed by atoms with Crippen LogP contribution in [0, 0.1) is 5.92 Å². The summed E-state index contributed by atoms with van der Waals surface area (Å²) in [6, 6.07) is 21.1. The number of aryl methyl sites for hydroxylation is 1. The molecule has 1 aliphatic carbocycles. The summed E-state index contributed by atoms with van der Waals surface area (Å²) in [5.74, 6) is 0.635. The van der Waals surface area contributed by atoms with Crippen LogP contribution in [0.2, 0.25) is 0 Å². The van der Waals surface area contributed by atoms with Gasteiger partial charge in [0, 0.05) is 51.2 Å². The van der Waals surface area contributed by atoms with E-state index in [1.54, 1.807) is 11.1 Å². The van der Waals surface area contributed by atoms with Crippen LogP contribution in [0.15, 0.2) is 54.6 Å². The van der Waals surface area contributed by atoms with E-state index >= 15 is 0 Å². The Balaban J connectivity index is 1.15. The molecule has 0 aromatic heterocycles. The first-order valence-corrected chi connectivity index (χ1v) is 10.9. The molecule has 4 nitrogen and oxygen atoms in total. The van der Waals surface area contributed by atoms with Gasteiger partial charge in [-0.25, -0.2) is 5.43 Å². The number of benzene rings is 2. The zero-order valence-electron chi connectivity index (χ0n) is 16.7. The molecule has 0 bridgehead atoms. The summed E-state index contributed by atoms with van der Waals surface area (Å²) >= 11 is 0. The van der Waals surface area contributed by atoms with E-state index in [4.69, 9.17) is 0 Å². The van der Waals surface area contributed by atoms with Crippen molar-refractivity contribution < 1.29 is 0 Å². The molecule has 2 aromatic carbocycles. The van der Waals surface area contributed by atoms with E-state index in [1.165, 1.54) is 57.5 Å². The molecule has 2 N–H and O–H groups in total. The molecular formula is C24H32N4. The van der Waals surface area contributed by atoms with Crippen molar-refractivity contribution >= 4 is 0 Å². The summed E-state index contributed by atoms with van der Waals surface area (Å²) in [4.78, 5) is 5.44. The fourth-order valence-corrected chi connectivity index (χ4v) is 5.35. The molecule has 5 rings (SSSR count). The van der Waals surface area contributed by atoms with Crippen LogP contribution in [0.5, 0.6) is 0 Å². The van der Waals surface area contributed by atoms with Gasteiger partial charge in [0.05, 0.1) is 6.04 Å². The molecule has 2 saturated heterocycles. The molecule has 2 heterocycles. The number of piperazine rings is 1. The highest BCUT2D eigenvalue weighted by Gasteiger charge is 2.32. The number of nitrogens with zero attached hydrogens (tertiary/aromatic N) is 2. The van der Waals surface area contributed by atoms with Crippen molar-refractivity contribution in [1.82, 2.24) is 20.7 Å². The molecule has 2 aromatic rings. The monoisotopic (exact) mass is 376 g/mol. The Bertz CT molecular complexity index is 769. The topological polar surface area (TPSA) is 30.5 Å². The van der Waals surface area contributed by atoms with Crippen molar-refractivity contribution in [3.05, 3.63) is 71.3 Å². The van der Waals surface area contributed by atoms with Gasteiger partial charge in [0.15, 0.2) is 0 Å². The van der Waals surface area contributed by atoms with Crippen LogP contribution in [0.4, 0.5) is 0 Å². The molecule has 0 radical (unpaired) electrons. The van der Waals surface area contributed by atoms with Gasteiger partial charge >= 0.3 is 0 Å². The minimum Gasteiger partial charge on any atom is -0.300 e. The predicted octanol–water partition coefficient (Wildman–Crippen LogP) is 2.63. The van der Waals surface area contributed by atoms with Gasteiger partial charge in [-0.1, -0.05) is 54.6 Å². The highest BCUT2D eigenvalue weighted by Crippen LogP contribution is 2.27. The standard InChI is InChI=1S/C24H32N4/c1-2-7-20(8-3-1)24-22(17-25-26-24)18-27-12-14-28(15-13-27)23-11-10-19-6-4-5-9-21(19)16-23/h1-9,22-26H,10-18H2. The average Bonchev–Trinajstić information content (AvgIpc) is 3.23. The first-order valence-electron chi connectivity index (χ1n) is 10.9. The van der Waals surface area contributed by atoms with E-state index in [9.17, 15) is 0 Å². The predicted molar refractivity (Wildman–Crippen MR) is 114 cm³/mol. The fourth-order valence-electron chi connectivity index (χ4n) is 5.35. The fraction of sp³-hybridized carbons (Fsp3) is 0.500. The summed E-state index contributed by atoms with van der Waals surface area (Å²) in [5.41, 5.74) is 11.4.